The Kier molecular flexibility index (Phi) is 4.28. The fourth-order valence-corrected chi connectivity index (χ4v) is 1.54. The van der Waals surface area contributed by atoms with Gasteiger partial charge in [-0.2, -0.15) is 0 Å². The van der Waals surface area contributed by atoms with Gasteiger partial charge in [0.2, 0.25) is 0 Å². The number of ether oxygens (including phenoxy) is 1. The molecular formula is C12H21N3O2. The molecule has 0 aliphatic carbocycles. The molecule has 1 aromatic rings. The van der Waals surface area contributed by atoms with Gasteiger partial charge in [0.25, 0.3) is 5.88 Å². The Balaban J connectivity index is 2.88. The van der Waals surface area contributed by atoms with E-state index >= 15 is 0 Å². The molecule has 1 N–H and O–H groups in total. The van der Waals surface area contributed by atoms with Crippen molar-refractivity contribution in [1.29, 1.82) is 0 Å². The van der Waals surface area contributed by atoms with E-state index in [0.717, 1.165) is 0 Å². The molecule has 1 rings (SSSR count). The summed E-state index contributed by atoms with van der Waals surface area (Å²) in [5.41, 5.74) is -0.790. The molecule has 1 aromatic heterocycles. The number of anilines is 1. The van der Waals surface area contributed by atoms with Crippen LogP contribution in [-0.2, 0) is 0 Å². The van der Waals surface area contributed by atoms with Gasteiger partial charge in [-0.3, -0.25) is 0 Å². The maximum absolute atomic E-state index is 9.79. The van der Waals surface area contributed by atoms with Crippen molar-refractivity contribution in [2.45, 2.75) is 39.4 Å². The number of aromatic nitrogens is 2. The average molecular weight is 239 g/mol. The first kappa shape index (κ1) is 13.7. The zero-order chi connectivity index (χ0) is 13.1. The summed E-state index contributed by atoms with van der Waals surface area (Å²) >= 11 is 0. The molecule has 1 heterocycles. The maximum atomic E-state index is 9.79. The minimum atomic E-state index is -0.790. The second-order valence-electron chi connectivity index (χ2n) is 5.02. The Hall–Kier alpha value is -1.36. The molecule has 0 fully saturated rings. The van der Waals surface area contributed by atoms with Crippen LogP contribution in [0.25, 0.3) is 0 Å². The van der Waals surface area contributed by atoms with Gasteiger partial charge in [-0.25, -0.2) is 9.97 Å². The Morgan fingerprint density at radius 1 is 1.35 bits per heavy atom. The van der Waals surface area contributed by atoms with Crippen LogP contribution in [0.15, 0.2) is 12.4 Å². The van der Waals surface area contributed by atoms with E-state index in [9.17, 15) is 5.11 Å². The number of hydrogen-bond donors (Lipinski definition) is 1. The van der Waals surface area contributed by atoms with Crippen molar-refractivity contribution in [3.63, 3.8) is 0 Å². The smallest absolute Gasteiger partial charge is 0.257 e. The largest absolute Gasteiger partial charge is 0.472 e. The topological polar surface area (TPSA) is 58.5 Å². The Labute approximate surface area is 102 Å². The third-order valence-corrected chi connectivity index (χ3v) is 1.98. The van der Waals surface area contributed by atoms with Crippen molar-refractivity contribution in [3.8, 4) is 5.88 Å². The summed E-state index contributed by atoms with van der Waals surface area (Å²) in [7, 11) is 1.86. The van der Waals surface area contributed by atoms with Gasteiger partial charge < -0.3 is 14.7 Å². The lowest BCUT2D eigenvalue weighted by atomic mass is 10.1. The summed E-state index contributed by atoms with van der Waals surface area (Å²) in [5.74, 6) is 1.14. The number of aliphatic hydroxyl groups is 1. The monoisotopic (exact) mass is 239 g/mol. The van der Waals surface area contributed by atoms with Crippen LogP contribution in [0.3, 0.4) is 0 Å². The zero-order valence-corrected chi connectivity index (χ0v) is 11.1. The van der Waals surface area contributed by atoms with Crippen LogP contribution < -0.4 is 9.64 Å². The number of likely N-dealkylation sites (N-methyl/N-ethyl adjacent to an activating group) is 1. The van der Waals surface area contributed by atoms with Crippen LogP contribution >= 0.6 is 0 Å². The van der Waals surface area contributed by atoms with Crippen molar-refractivity contribution in [1.82, 2.24) is 9.97 Å². The average Bonchev–Trinajstić information content (AvgIpc) is 2.14. The first-order chi connectivity index (χ1) is 7.79. The lowest BCUT2D eigenvalue weighted by Gasteiger charge is -2.27. The van der Waals surface area contributed by atoms with E-state index < -0.39 is 5.60 Å². The highest BCUT2D eigenvalue weighted by Crippen LogP contribution is 2.23. The maximum Gasteiger partial charge on any atom is 0.257 e. The minimum Gasteiger partial charge on any atom is -0.472 e. The Morgan fingerprint density at radius 3 is 2.47 bits per heavy atom. The van der Waals surface area contributed by atoms with Crippen molar-refractivity contribution in [3.05, 3.63) is 12.4 Å². The summed E-state index contributed by atoms with van der Waals surface area (Å²) < 4.78 is 5.58. The molecular weight excluding hydrogens is 218 g/mol. The third kappa shape index (κ3) is 4.56. The lowest BCUT2D eigenvalue weighted by molar-refractivity contribution is 0.0882. The van der Waals surface area contributed by atoms with Crippen molar-refractivity contribution < 1.29 is 9.84 Å². The van der Waals surface area contributed by atoms with Crippen LogP contribution in [0.1, 0.15) is 27.7 Å². The van der Waals surface area contributed by atoms with Gasteiger partial charge in [-0.05, 0) is 27.7 Å². The fraction of sp³-hybridized carbons (Fsp3) is 0.667. The van der Waals surface area contributed by atoms with E-state index in [4.69, 9.17) is 4.74 Å². The zero-order valence-electron chi connectivity index (χ0n) is 11.1. The summed E-state index contributed by atoms with van der Waals surface area (Å²) in [6, 6.07) is 0. The van der Waals surface area contributed by atoms with Crippen molar-refractivity contribution in [2.24, 2.45) is 0 Å². The quantitative estimate of drug-likeness (QED) is 0.843. The molecule has 0 amide bonds. The van der Waals surface area contributed by atoms with Gasteiger partial charge in [0.1, 0.15) is 0 Å². The third-order valence-electron chi connectivity index (χ3n) is 1.98. The van der Waals surface area contributed by atoms with Crippen molar-refractivity contribution in [2.75, 3.05) is 18.5 Å². The molecule has 0 saturated heterocycles. The SMILES string of the molecule is CC(C)Oc1nccnc1N(C)CC(C)(C)O. The molecule has 0 radical (unpaired) electrons. The minimum absolute atomic E-state index is 0.0426. The van der Waals surface area contributed by atoms with Gasteiger partial charge in [0.05, 0.1) is 11.7 Å². The lowest BCUT2D eigenvalue weighted by Crippen LogP contribution is -2.37. The van der Waals surface area contributed by atoms with E-state index in [-0.39, 0.29) is 6.10 Å². The highest BCUT2D eigenvalue weighted by atomic mass is 16.5. The highest BCUT2D eigenvalue weighted by Gasteiger charge is 2.20. The molecule has 0 atom stereocenters. The van der Waals surface area contributed by atoms with Crippen LogP contribution in [0.2, 0.25) is 0 Å². The second kappa shape index (κ2) is 5.31. The van der Waals surface area contributed by atoms with E-state index in [1.807, 2.05) is 25.8 Å². The fourth-order valence-electron chi connectivity index (χ4n) is 1.54. The molecule has 0 saturated carbocycles. The van der Waals surface area contributed by atoms with E-state index in [2.05, 4.69) is 9.97 Å². The van der Waals surface area contributed by atoms with Gasteiger partial charge >= 0.3 is 0 Å². The van der Waals surface area contributed by atoms with Crippen LogP contribution in [0, 0.1) is 0 Å². The standard InChI is InChI=1S/C12H21N3O2/c1-9(2)17-11-10(13-6-7-14-11)15(5)8-12(3,4)16/h6-7,9,16H,8H2,1-5H3. The van der Waals surface area contributed by atoms with Gasteiger partial charge in [-0.1, -0.05) is 0 Å². The molecule has 5 heteroatoms. The van der Waals surface area contributed by atoms with E-state index in [1.165, 1.54) is 0 Å². The first-order valence-electron chi connectivity index (χ1n) is 5.71. The van der Waals surface area contributed by atoms with E-state index in [1.54, 1.807) is 26.2 Å². The molecule has 0 aromatic carbocycles. The predicted octanol–water partition coefficient (Wildman–Crippen LogP) is 1.47. The molecule has 5 nitrogen and oxygen atoms in total. The number of nitrogens with zero attached hydrogens (tertiary/aromatic N) is 3. The normalized spacial score (nSPS) is 11.7. The number of hydrogen-bond acceptors (Lipinski definition) is 5. The van der Waals surface area contributed by atoms with Crippen LogP contribution in [-0.4, -0.2) is 40.4 Å². The van der Waals surface area contributed by atoms with Crippen LogP contribution in [0.5, 0.6) is 5.88 Å². The van der Waals surface area contributed by atoms with Crippen molar-refractivity contribution >= 4 is 5.82 Å². The van der Waals surface area contributed by atoms with Crippen LogP contribution in [0.4, 0.5) is 5.82 Å². The van der Waals surface area contributed by atoms with Gasteiger partial charge in [0.15, 0.2) is 5.82 Å². The summed E-state index contributed by atoms with van der Waals surface area (Å²) in [4.78, 5) is 10.2. The Bertz CT molecular complexity index is 361. The van der Waals surface area contributed by atoms with Gasteiger partial charge in [-0.15, -0.1) is 0 Å². The molecule has 0 unspecified atom stereocenters. The highest BCUT2D eigenvalue weighted by molar-refractivity contribution is 5.47. The molecule has 17 heavy (non-hydrogen) atoms. The summed E-state index contributed by atoms with van der Waals surface area (Å²) in [5, 5.41) is 9.79. The Morgan fingerprint density at radius 2 is 1.94 bits per heavy atom. The number of rotatable bonds is 5. The molecule has 0 aliphatic heterocycles. The summed E-state index contributed by atoms with van der Waals surface area (Å²) in [6.45, 7) is 7.84. The molecule has 0 aliphatic rings. The van der Waals surface area contributed by atoms with Gasteiger partial charge in [0, 0.05) is 26.0 Å². The second-order valence-corrected chi connectivity index (χ2v) is 5.02. The molecule has 0 bridgehead atoms. The molecule has 96 valence electrons. The first-order valence-corrected chi connectivity index (χ1v) is 5.71. The predicted molar refractivity (Wildman–Crippen MR) is 67.4 cm³/mol. The summed E-state index contributed by atoms with van der Waals surface area (Å²) in [6.07, 6.45) is 3.25. The molecule has 0 spiro atoms. The van der Waals surface area contributed by atoms with E-state index in [0.29, 0.717) is 18.2 Å².